The zero-order valence-corrected chi connectivity index (χ0v) is 14.2. The number of nitrogens with one attached hydrogen (secondary N) is 1. The van der Waals surface area contributed by atoms with Crippen LogP contribution >= 0.6 is 0 Å². The Bertz CT molecular complexity index is 517. The van der Waals surface area contributed by atoms with Crippen LogP contribution in [0.3, 0.4) is 0 Å². The molecule has 0 radical (unpaired) electrons. The second-order valence-corrected chi connectivity index (χ2v) is 5.86. The van der Waals surface area contributed by atoms with Gasteiger partial charge in [-0.3, -0.25) is 4.90 Å². The number of piperazine rings is 1. The summed E-state index contributed by atoms with van der Waals surface area (Å²) in [7, 11) is 1.61. The van der Waals surface area contributed by atoms with Gasteiger partial charge >= 0.3 is 6.03 Å². The van der Waals surface area contributed by atoms with E-state index in [0.717, 1.165) is 17.7 Å². The van der Waals surface area contributed by atoms with Crippen molar-refractivity contribution in [2.75, 3.05) is 39.8 Å². The van der Waals surface area contributed by atoms with Crippen molar-refractivity contribution in [2.24, 2.45) is 0 Å². The van der Waals surface area contributed by atoms with Gasteiger partial charge in [0.05, 0.1) is 19.7 Å². The minimum atomic E-state index is -2.33. The summed E-state index contributed by atoms with van der Waals surface area (Å²) in [6.07, 6.45) is -1.56. The monoisotopic (exact) mass is 341 g/mol. The Morgan fingerprint density at radius 3 is 2.33 bits per heavy atom. The van der Waals surface area contributed by atoms with E-state index >= 15 is 0 Å². The SMILES string of the molecule is CCC(NC(=O)N1CCN(CC(F)F)CC1)c1ccc(OC)cc1. The molecular weight excluding hydrogens is 316 g/mol. The number of rotatable bonds is 6. The van der Waals surface area contributed by atoms with Crippen LogP contribution in [0.15, 0.2) is 24.3 Å². The van der Waals surface area contributed by atoms with Crippen molar-refractivity contribution in [2.45, 2.75) is 25.8 Å². The van der Waals surface area contributed by atoms with Crippen molar-refractivity contribution >= 4 is 6.03 Å². The molecular formula is C17H25F2N3O2. The number of nitrogens with zero attached hydrogens (tertiary/aromatic N) is 2. The lowest BCUT2D eigenvalue weighted by atomic mass is 10.0. The van der Waals surface area contributed by atoms with Crippen LogP contribution in [0.5, 0.6) is 5.75 Å². The lowest BCUT2D eigenvalue weighted by Gasteiger charge is -2.35. The zero-order chi connectivity index (χ0) is 17.5. The second-order valence-electron chi connectivity index (χ2n) is 5.86. The van der Waals surface area contributed by atoms with Crippen LogP contribution in [0.1, 0.15) is 24.9 Å². The van der Waals surface area contributed by atoms with Crippen LogP contribution < -0.4 is 10.1 Å². The first-order valence-electron chi connectivity index (χ1n) is 8.23. The Morgan fingerprint density at radius 1 is 1.21 bits per heavy atom. The molecule has 2 rings (SSSR count). The molecule has 1 aromatic rings. The van der Waals surface area contributed by atoms with Crippen LogP contribution in [0.25, 0.3) is 0 Å². The Kier molecular flexibility index (Phi) is 6.78. The Hall–Kier alpha value is -1.89. The number of carbonyl (C=O) groups is 1. The molecule has 1 fully saturated rings. The van der Waals surface area contributed by atoms with E-state index < -0.39 is 6.43 Å². The highest BCUT2D eigenvalue weighted by molar-refractivity contribution is 5.74. The van der Waals surface area contributed by atoms with Crippen molar-refractivity contribution in [1.29, 1.82) is 0 Å². The zero-order valence-electron chi connectivity index (χ0n) is 14.2. The quantitative estimate of drug-likeness (QED) is 0.865. The van der Waals surface area contributed by atoms with Crippen molar-refractivity contribution in [3.8, 4) is 5.75 Å². The minimum absolute atomic E-state index is 0.0810. The summed E-state index contributed by atoms with van der Waals surface area (Å²) in [6.45, 7) is 3.69. The van der Waals surface area contributed by atoms with Crippen LogP contribution in [-0.2, 0) is 0 Å². The Balaban J connectivity index is 1.88. The predicted octanol–water partition coefficient (Wildman–Crippen LogP) is 2.74. The van der Waals surface area contributed by atoms with E-state index in [1.54, 1.807) is 16.9 Å². The maximum atomic E-state index is 12.4. The van der Waals surface area contributed by atoms with Gasteiger partial charge in [0, 0.05) is 26.2 Å². The number of urea groups is 1. The van der Waals surface area contributed by atoms with Gasteiger partial charge in [-0.15, -0.1) is 0 Å². The molecule has 5 nitrogen and oxygen atoms in total. The van der Waals surface area contributed by atoms with Crippen LogP contribution in [-0.4, -0.2) is 62.1 Å². The fourth-order valence-electron chi connectivity index (χ4n) is 2.83. The molecule has 0 aromatic heterocycles. The van der Waals surface area contributed by atoms with Gasteiger partial charge in [-0.1, -0.05) is 19.1 Å². The summed E-state index contributed by atoms with van der Waals surface area (Å²) in [6, 6.07) is 7.39. The Morgan fingerprint density at radius 2 is 1.83 bits per heavy atom. The number of benzene rings is 1. The third-order valence-electron chi connectivity index (χ3n) is 4.28. The average Bonchev–Trinajstić information content (AvgIpc) is 2.59. The van der Waals surface area contributed by atoms with Gasteiger partial charge < -0.3 is 15.0 Å². The minimum Gasteiger partial charge on any atom is -0.497 e. The number of halogens is 2. The molecule has 1 aliphatic heterocycles. The van der Waals surface area contributed by atoms with Crippen LogP contribution in [0.2, 0.25) is 0 Å². The van der Waals surface area contributed by atoms with Crippen molar-refractivity contribution in [1.82, 2.24) is 15.1 Å². The van der Waals surface area contributed by atoms with Crippen molar-refractivity contribution in [3.05, 3.63) is 29.8 Å². The molecule has 1 unspecified atom stereocenters. The first kappa shape index (κ1) is 18.4. The molecule has 0 aliphatic carbocycles. The van der Waals surface area contributed by atoms with E-state index in [-0.39, 0.29) is 18.6 Å². The molecule has 1 atom stereocenters. The largest absolute Gasteiger partial charge is 0.497 e. The molecule has 7 heteroatoms. The highest BCUT2D eigenvalue weighted by Gasteiger charge is 2.24. The van der Waals surface area contributed by atoms with Gasteiger partial charge in [0.25, 0.3) is 6.43 Å². The topological polar surface area (TPSA) is 44.8 Å². The summed E-state index contributed by atoms with van der Waals surface area (Å²) < 4.78 is 29.9. The highest BCUT2D eigenvalue weighted by atomic mass is 19.3. The summed E-state index contributed by atoms with van der Waals surface area (Å²) >= 11 is 0. The molecule has 1 N–H and O–H groups in total. The van der Waals surface area contributed by atoms with Crippen LogP contribution in [0, 0.1) is 0 Å². The second kappa shape index (κ2) is 8.82. The Labute approximate surface area is 141 Å². The van der Waals surface area contributed by atoms with E-state index in [0.29, 0.717) is 26.2 Å². The number of methoxy groups -OCH3 is 1. The van der Waals surface area contributed by atoms with Crippen molar-refractivity contribution in [3.63, 3.8) is 0 Å². The van der Waals surface area contributed by atoms with Gasteiger partial charge in [0.1, 0.15) is 5.75 Å². The van der Waals surface area contributed by atoms with Crippen LogP contribution in [0.4, 0.5) is 13.6 Å². The molecule has 0 bridgehead atoms. The smallest absolute Gasteiger partial charge is 0.317 e. The first-order valence-corrected chi connectivity index (χ1v) is 8.23. The molecule has 0 spiro atoms. The third kappa shape index (κ3) is 5.06. The lowest BCUT2D eigenvalue weighted by molar-refractivity contribution is 0.0632. The maximum absolute atomic E-state index is 12.4. The molecule has 0 saturated carbocycles. The van der Waals surface area contributed by atoms with Gasteiger partial charge in [-0.25, -0.2) is 13.6 Å². The molecule has 1 aliphatic rings. The number of carbonyl (C=O) groups excluding carboxylic acids is 1. The normalized spacial score (nSPS) is 17.0. The van der Waals surface area contributed by atoms with Crippen molar-refractivity contribution < 1.29 is 18.3 Å². The predicted molar refractivity (Wildman–Crippen MR) is 88.6 cm³/mol. The molecule has 2 amide bonds. The summed E-state index contributed by atoms with van der Waals surface area (Å²) in [5, 5.41) is 3.03. The number of ether oxygens (including phenoxy) is 1. The maximum Gasteiger partial charge on any atom is 0.317 e. The molecule has 1 aromatic carbocycles. The summed E-state index contributed by atoms with van der Waals surface area (Å²) in [5.41, 5.74) is 1.02. The summed E-state index contributed by atoms with van der Waals surface area (Å²) in [5.74, 6) is 0.773. The van der Waals surface area contributed by atoms with Gasteiger partial charge in [-0.05, 0) is 24.1 Å². The molecule has 134 valence electrons. The van der Waals surface area contributed by atoms with E-state index in [9.17, 15) is 13.6 Å². The fraction of sp³-hybridized carbons (Fsp3) is 0.588. The number of amides is 2. The third-order valence-corrected chi connectivity index (χ3v) is 4.28. The fourth-order valence-corrected chi connectivity index (χ4v) is 2.83. The number of hydrogen-bond donors (Lipinski definition) is 1. The van der Waals surface area contributed by atoms with E-state index in [2.05, 4.69) is 5.32 Å². The standard InChI is InChI=1S/C17H25F2N3O2/c1-3-15(13-4-6-14(24-2)7-5-13)20-17(23)22-10-8-21(9-11-22)12-16(18)19/h4-7,15-16H,3,8-12H2,1-2H3,(H,20,23). The van der Waals surface area contributed by atoms with E-state index in [1.807, 2.05) is 31.2 Å². The number of hydrogen-bond acceptors (Lipinski definition) is 3. The van der Waals surface area contributed by atoms with E-state index in [4.69, 9.17) is 4.74 Å². The lowest BCUT2D eigenvalue weighted by Crippen LogP contribution is -2.52. The number of alkyl halides is 2. The molecule has 1 saturated heterocycles. The van der Waals surface area contributed by atoms with E-state index in [1.165, 1.54) is 0 Å². The van der Waals surface area contributed by atoms with Gasteiger partial charge in [0.2, 0.25) is 0 Å². The summed E-state index contributed by atoms with van der Waals surface area (Å²) in [4.78, 5) is 15.8. The molecule has 1 heterocycles. The van der Waals surface area contributed by atoms with Gasteiger partial charge in [-0.2, -0.15) is 0 Å². The molecule has 24 heavy (non-hydrogen) atoms. The average molecular weight is 341 g/mol. The first-order chi connectivity index (χ1) is 11.5. The van der Waals surface area contributed by atoms with Gasteiger partial charge in [0.15, 0.2) is 0 Å². The highest BCUT2D eigenvalue weighted by Crippen LogP contribution is 2.20.